The molecule has 1 fully saturated rings. The third kappa shape index (κ3) is 55.9. The number of amides is 1. The molecule has 9 nitrogen and oxygen atoms in total. The number of allylic oxidation sites excluding steroid dienone is 21. The van der Waals surface area contributed by atoms with Crippen LogP contribution in [-0.2, 0) is 14.3 Å². The summed E-state index contributed by atoms with van der Waals surface area (Å²) in [6.45, 7) is 3.67. The van der Waals surface area contributed by atoms with Gasteiger partial charge in [-0.15, -0.1) is 0 Å². The normalized spacial score (nSPS) is 18.6. The van der Waals surface area contributed by atoms with Crippen LogP contribution in [0, 0.1) is 0 Å². The minimum atomic E-state index is -1.58. The number of aliphatic hydroxyl groups excluding tert-OH is 5. The summed E-state index contributed by atoms with van der Waals surface area (Å²) in [4.78, 5) is 13.1. The highest BCUT2D eigenvalue weighted by Gasteiger charge is 2.44. The molecule has 0 radical (unpaired) electrons. The maximum Gasteiger partial charge on any atom is 0.220 e. The molecule has 1 aliphatic heterocycles. The first-order valence-corrected chi connectivity index (χ1v) is 37.4. The zero-order valence-electron chi connectivity index (χ0n) is 57.9. The Bertz CT molecular complexity index is 1890. The molecule has 7 atom stereocenters. The number of ether oxygens (including phenoxy) is 2. The van der Waals surface area contributed by atoms with Gasteiger partial charge in [-0.25, -0.2) is 0 Å². The second-order valence-corrected chi connectivity index (χ2v) is 25.3. The summed E-state index contributed by atoms with van der Waals surface area (Å²) in [5.74, 6) is -0.189. The number of aliphatic hydroxyl groups is 5. The molecule has 90 heavy (non-hydrogen) atoms. The maximum atomic E-state index is 13.1. The number of nitrogens with one attached hydrogen (secondary N) is 1. The van der Waals surface area contributed by atoms with Crippen molar-refractivity contribution in [2.75, 3.05) is 13.2 Å². The van der Waals surface area contributed by atoms with Crippen LogP contribution in [0.25, 0.3) is 0 Å². The van der Waals surface area contributed by atoms with Crippen LogP contribution in [0.2, 0.25) is 0 Å². The number of rotatable bonds is 64. The molecular formula is C81H139NO8. The highest BCUT2D eigenvalue weighted by Crippen LogP contribution is 2.23. The van der Waals surface area contributed by atoms with E-state index >= 15 is 0 Å². The molecule has 0 bridgehead atoms. The summed E-state index contributed by atoms with van der Waals surface area (Å²) in [7, 11) is 0. The lowest BCUT2D eigenvalue weighted by atomic mass is 9.99. The van der Waals surface area contributed by atoms with Crippen molar-refractivity contribution in [2.45, 2.75) is 358 Å². The van der Waals surface area contributed by atoms with Crippen LogP contribution in [0.3, 0.4) is 0 Å². The van der Waals surface area contributed by atoms with Crippen molar-refractivity contribution in [1.29, 1.82) is 0 Å². The maximum absolute atomic E-state index is 13.1. The summed E-state index contributed by atoms with van der Waals surface area (Å²) in [6.07, 6.45) is 97.1. The summed E-state index contributed by atoms with van der Waals surface area (Å²) < 4.78 is 11.3. The lowest BCUT2D eigenvalue weighted by Gasteiger charge is -2.40. The number of hydrogen-bond acceptors (Lipinski definition) is 8. The van der Waals surface area contributed by atoms with E-state index in [1.165, 1.54) is 199 Å². The van der Waals surface area contributed by atoms with Crippen molar-refractivity contribution in [3.8, 4) is 0 Å². The Morgan fingerprint density at radius 3 is 1.07 bits per heavy atom. The molecule has 1 amide bonds. The van der Waals surface area contributed by atoms with Crippen molar-refractivity contribution in [3.63, 3.8) is 0 Å². The smallest absolute Gasteiger partial charge is 0.220 e. The standard InChI is InChI=1S/C81H139NO8/c1-3-5-7-9-11-13-15-17-19-21-23-25-27-29-31-32-33-34-35-36-37-38-39-40-41-42-43-44-45-47-49-51-53-55-57-59-61-63-65-67-69-71-77(85)82-74(73-89-81-80(88)79(87)78(86)76(72-83)90-81)75(84)70-68-66-64-62-60-58-56-54-52-50-48-46-30-28-26-24-22-20-18-16-14-12-10-8-6-4-2/h5,7,11,13,17,19,23,25,29,31,33-34,36-37,39-40,42-43,60,62,68,70,74-76,78-81,83-84,86-88H,3-4,6,8-10,12,14-16,18,20-22,24,26-28,30,32,35,38,41,44-59,61,63-67,69,71-73H2,1-2H3,(H,82,85)/b7-5-,13-11-,19-17-,25-23-,31-29-,34-33-,37-36-,40-39-,43-42-,62-60+,70-68+. The molecule has 0 spiro atoms. The van der Waals surface area contributed by atoms with Gasteiger partial charge in [0.25, 0.3) is 0 Å². The van der Waals surface area contributed by atoms with Gasteiger partial charge in [-0.2, -0.15) is 0 Å². The van der Waals surface area contributed by atoms with E-state index in [1.807, 2.05) is 6.08 Å². The number of carbonyl (C=O) groups is 1. The van der Waals surface area contributed by atoms with Crippen molar-refractivity contribution in [3.05, 3.63) is 134 Å². The molecule has 9 heteroatoms. The molecule has 1 aliphatic rings. The number of carbonyl (C=O) groups excluding carboxylic acids is 1. The number of unbranched alkanes of at least 4 members (excludes halogenated alkanes) is 34. The lowest BCUT2D eigenvalue weighted by Crippen LogP contribution is -2.60. The van der Waals surface area contributed by atoms with E-state index in [0.717, 1.165) is 96.3 Å². The van der Waals surface area contributed by atoms with E-state index in [1.54, 1.807) is 6.08 Å². The molecule has 7 unspecified atom stereocenters. The van der Waals surface area contributed by atoms with Gasteiger partial charge in [0, 0.05) is 6.42 Å². The molecule has 1 heterocycles. The Morgan fingerprint density at radius 1 is 0.389 bits per heavy atom. The van der Waals surface area contributed by atoms with Crippen molar-refractivity contribution >= 4 is 5.91 Å². The van der Waals surface area contributed by atoms with Gasteiger partial charge in [0.1, 0.15) is 24.4 Å². The first kappa shape index (κ1) is 84.3. The molecule has 516 valence electrons. The fraction of sp³-hybridized carbons (Fsp3) is 0.716. The third-order valence-corrected chi connectivity index (χ3v) is 17.0. The number of hydrogen-bond donors (Lipinski definition) is 6. The fourth-order valence-corrected chi connectivity index (χ4v) is 11.2. The van der Waals surface area contributed by atoms with Gasteiger partial charge in [0.15, 0.2) is 6.29 Å². The molecule has 6 N–H and O–H groups in total. The van der Waals surface area contributed by atoms with Crippen molar-refractivity contribution in [1.82, 2.24) is 5.32 Å². The first-order chi connectivity index (χ1) is 44.3. The van der Waals surface area contributed by atoms with E-state index in [9.17, 15) is 30.3 Å². The van der Waals surface area contributed by atoms with Gasteiger partial charge in [-0.3, -0.25) is 4.79 Å². The molecule has 1 saturated heterocycles. The highest BCUT2D eigenvalue weighted by atomic mass is 16.7. The topological polar surface area (TPSA) is 149 Å². The second kappa shape index (κ2) is 68.2. The van der Waals surface area contributed by atoms with Crippen LogP contribution < -0.4 is 5.32 Å². The van der Waals surface area contributed by atoms with Crippen LogP contribution in [0.5, 0.6) is 0 Å². The van der Waals surface area contributed by atoms with Crippen LogP contribution in [0.1, 0.15) is 316 Å². The highest BCUT2D eigenvalue weighted by molar-refractivity contribution is 5.76. The van der Waals surface area contributed by atoms with Gasteiger partial charge < -0.3 is 40.3 Å². The molecule has 0 saturated carbocycles. The minimum absolute atomic E-state index is 0.189. The van der Waals surface area contributed by atoms with E-state index in [-0.39, 0.29) is 12.5 Å². The lowest BCUT2D eigenvalue weighted by molar-refractivity contribution is -0.302. The van der Waals surface area contributed by atoms with Crippen LogP contribution in [0.4, 0.5) is 0 Å². The minimum Gasteiger partial charge on any atom is -0.394 e. The van der Waals surface area contributed by atoms with E-state index < -0.39 is 49.5 Å². The van der Waals surface area contributed by atoms with Gasteiger partial charge in [-0.05, 0) is 103 Å². The third-order valence-electron chi connectivity index (χ3n) is 17.0. The summed E-state index contributed by atoms with van der Waals surface area (Å²) in [6, 6.07) is -0.832. The summed E-state index contributed by atoms with van der Waals surface area (Å²) in [5, 5.41) is 54.8. The Labute approximate surface area is 553 Å². The monoisotopic (exact) mass is 1250 g/mol. The van der Waals surface area contributed by atoms with Crippen molar-refractivity contribution in [2.24, 2.45) is 0 Å². The molecule has 0 aliphatic carbocycles. The predicted octanol–water partition coefficient (Wildman–Crippen LogP) is 21.1. The van der Waals surface area contributed by atoms with Crippen LogP contribution >= 0.6 is 0 Å². The largest absolute Gasteiger partial charge is 0.394 e. The quantitative estimate of drug-likeness (QED) is 0.0261. The zero-order valence-corrected chi connectivity index (χ0v) is 57.9. The van der Waals surface area contributed by atoms with Crippen LogP contribution in [-0.4, -0.2) is 87.5 Å². The average molecular weight is 1260 g/mol. The summed E-state index contributed by atoms with van der Waals surface area (Å²) >= 11 is 0. The van der Waals surface area contributed by atoms with Gasteiger partial charge in [0.05, 0.1) is 25.4 Å². The van der Waals surface area contributed by atoms with Gasteiger partial charge in [-0.1, -0.05) is 340 Å². The Hall–Kier alpha value is -3.67. The fourth-order valence-electron chi connectivity index (χ4n) is 11.2. The van der Waals surface area contributed by atoms with Crippen LogP contribution in [0.15, 0.2) is 134 Å². The Balaban J connectivity index is 2.13. The average Bonchev–Trinajstić information content (AvgIpc) is 1.28. The second-order valence-electron chi connectivity index (χ2n) is 25.3. The molecule has 1 rings (SSSR count). The Kier molecular flexibility index (Phi) is 63.9. The molecular weight excluding hydrogens is 1110 g/mol. The Morgan fingerprint density at radius 2 is 0.700 bits per heavy atom. The van der Waals surface area contributed by atoms with E-state index in [4.69, 9.17) is 9.47 Å². The molecule has 0 aromatic carbocycles. The van der Waals surface area contributed by atoms with Crippen molar-refractivity contribution < 1.29 is 39.8 Å². The van der Waals surface area contributed by atoms with Gasteiger partial charge >= 0.3 is 0 Å². The first-order valence-electron chi connectivity index (χ1n) is 37.4. The zero-order chi connectivity index (χ0) is 64.9. The predicted molar refractivity (Wildman–Crippen MR) is 387 cm³/mol. The summed E-state index contributed by atoms with van der Waals surface area (Å²) in [5.41, 5.74) is 0. The van der Waals surface area contributed by atoms with E-state index in [2.05, 4.69) is 141 Å². The SMILES string of the molecule is CC/C=C\C/C=C\C/C=C\C/C=C\C/C=C\C/C=C\C/C=C\C/C=C\C/C=C\CCCCCCCCCCCCCCCC(=O)NC(COC1OC(CO)C(O)C(O)C1O)C(O)/C=C/CC/C=C/CCCCCCCCCCCCCCCCCCCCCC. The molecule has 0 aromatic rings. The van der Waals surface area contributed by atoms with E-state index in [0.29, 0.717) is 6.42 Å². The molecule has 0 aromatic heterocycles. The van der Waals surface area contributed by atoms with Gasteiger partial charge in [0.2, 0.25) is 5.91 Å².